The van der Waals surface area contributed by atoms with Gasteiger partial charge in [0.1, 0.15) is 5.15 Å². The number of piperidine rings is 1. The fourth-order valence-electron chi connectivity index (χ4n) is 3.11. The van der Waals surface area contributed by atoms with Crippen LogP contribution in [0.15, 0.2) is 29.2 Å². The second kappa shape index (κ2) is 7.19. The van der Waals surface area contributed by atoms with Crippen molar-refractivity contribution < 1.29 is 9.90 Å². The van der Waals surface area contributed by atoms with Crippen molar-refractivity contribution in [1.82, 2.24) is 19.8 Å². The first-order valence-corrected chi connectivity index (χ1v) is 8.27. The lowest BCUT2D eigenvalue weighted by molar-refractivity contribution is 0.166. The number of aromatic nitrogens is 2. The van der Waals surface area contributed by atoms with Gasteiger partial charge in [-0.25, -0.2) is 9.78 Å². The SMILES string of the molecule is O=C(O)NC1CCN(CCn2c(=O)ccc3cc(Cl)ncc32)CC1. The molecule has 2 N–H and O–H groups in total. The summed E-state index contributed by atoms with van der Waals surface area (Å²) in [5.74, 6) is 0. The van der Waals surface area contributed by atoms with E-state index < -0.39 is 6.09 Å². The van der Waals surface area contributed by atoms with Crippen LogP contribution in [0.4, 0.5) is 4.79 Å². The monoisotopic (exact) mass is 350 g/mol. The molecule has 1 fully saturated rings. The fourth-order valence-corrected chi connectivity index (χ4v) is 3.28. The van der Waals surface area contributed by atoms with E-state index >= 15 is 0 Å². The van der Waals surface area contributed by atoms with E-state index in [1.54, 1.807) is 29.0 Å². The topological polar surface area (TPSA) is 87.5 Å². The highest BCUT2D eigenvalue weighted by molar-refractivity contribution is 6.30. The summed E-state index contributed by atoms with van der Waals surface area (Å²) in [6, 6.07) is 5.06. The van der Waals surface area contributed by atoms with Gasteiger partial charge < -0.3 is 19.9 Å². The van der Waals surface area contributed by atoms with Crippen LogP contribution in [0.25, 0.3) is 10.9 Å². The Morgan fingerprint density at radius 1 is 1.33 bits per heavy atom. The molecule has 24 heavy (non-hydrogen) atoms. The van der Waals surface area contributed by atoms with Gasteiger partial charge in [0, 0.05) is 43.7 Å². The van der Waals surface area contributed by atoms with Crippen LogP contribution >= 0.6 is 11.6 Å². The summed E-state index contributed by atoms with van der Waals surface area (Å²) in [5, 5.41) is 12.6. The molecule has 2 aromatic rings. The molecule has 8 heteroatoms. The Labute approximate surface area is 143 Å². The number of hydrogen-bond donors (Lipinski definition) is 2. The van der Waals surface area contributed by atoms with Crippen molar-refractivity contribution in [2.45, 2.75) is 25.4 Å². The number of amides is 1. The zero-order valence-corrected chi connectivity index (χ0v) is 13.9. The molecule has 0 radical (unpaired) electrons. The predicted octanol–water partition coefficient (Wildman–Crippen LogP) is 1.78. The summed E-state index contributed by atoms with van der Waals surface area (Å²) in [5.41, 5.74) is 0.711. The number of hydrogen-bond acceptors (Lipinski definition) is 4. The van der Waals surface area contributed by atoms with Crippen molar-refractivity contribution in [3.8, 4) is 0 Å². The molecule has 1 aliphatic heterocycles. The summed E-state index contributed by atoms with van der Waals surface area (Å²) in [7, 11) is 0. The molecule has 3 heterocycles. The van der Waals surface area contributed by atoms with Gasteiger partial charge in [-0.1, -0.05) is 11.6 Å². The van der Waals surface area contributed by atoms with Crippen molar-refractivity contribution in [1.29, 1.82) is 0 Å². The molecule has 0 atom stereocenters. The van der Waals surface area contributed by atoms with Gasteiger partial charge in [-0.2, -0.15) is 0 Å². The molecule has 0 saturated carbocycles. The van der Waals surface area contributed by atoms with E-state index in [0.29, 0.717) is 11.7 Å². The van der Waals surface area contributed by atoms with Crippen molar-refractivity contribution >= 4 is 28.6 Å². The number of nitrogens with one attached hydrogen (secondary N) is 1. The van der Waals surface area contributed by atoms with Crippen molar-refractivity contribution in [2.24, 2.45) is 0 Å². The van der Waals surface area contributed by atoms with Crippen LogP contribution in [0, 0.1) is 0 Å². The molecule has 0 bridgehead atoms. The Kier molecular flexibility index (Phi) is 5.01. The van der Waals surface area contributed by atoms with Gasteiger partial charge in [0.2, 0.25) is 0 Å². The second-order valence-electron chi connectivity index (χ2n) is 5.95. The molecule has 0 aliphatic carbocycles. The van der Waals surface area contributed by atoms with Gasteiger partial charge in [-0.15, -0.1) is 0 Å². The lowest BCUT2D eigenvalue weighted by Crippen LogP contribution is -2.45. The molecule has 2 aromatic heterocycles. The van der Waals surface area contributed by atoms with Gasteiger partial charge >= 0.3 is 6.09 Å². The summed E-state index contributed by atoms with van der Waals surface area (Å²) < 4.78 is 1.71. The summed E-state index contributed by atoms with van der Waals surface area (Å²) in [6.45, 7) is 2.93. The number of halogens is 1. The minimum absolute atomic E-state index is 0.0189. The molecule has 3 rings (SSSR count). The van der Waals surface area contributed by atoms with E-state index in [2.05, 4.69) is 15.2 Å². The Hall–Kier alpha value is -2.12. The maximum Gasteiger partial charge on any atom is 0.404 e. The molecule has 128 valence electrons. The summed E-state index contributed by atoms with van der Waals surface area (Å²) in [4.78, 5) is 29.2. The lowest BCUT2D eigenvalue weighted by atomic mass is 10.1. The van der Waals surface area contributed by atoms with Gasteiger partial charge in [0.05, 0.1) is 11.7 Å². The van der Waals surface area contributed by atoms with Crippen LogP contribution < -0.4 is 10.9 Å². The number of carboxylic acid groups (broad SMARTS) is 1. The van der Waals surface area contributed by atoms with Crippen LogP contribution in [-0.2, 0) is 6.54 Å². The van der Waals surface area contributed by atoms with Gasteiger partial charge in [-0.05, 0) is 25.0 Å². The van der Waals surface area contributed by atoms with Gasteiger partial charge in [0.25, 0.3) is 5.56 Å². The van der Waals surface area contributed by atoms with Crippen LogP contribution in [0.5, 0.6) is 0 Å². The quantitative estimate of drug-likeness (QED) is 0.821. The second-order valence-corrected chi connectivity index (χ2v) is 6.34. The zero-order valence-electron chi connectivity index (χ0n) is 13.1. The standard InChI is InChI=1S/C16H19ClN4O3/c17-14-9-11-1-2-15(22)21(13(11)10-18-14)8-7-20-5-3-12(4-6-20)19-16(23)24/h1-2,9-10,12,19H,3-8H2,(H,23,24). The average molecular weight is 351 g/mol. The molecule has 7 nitrogen and oxygen atoms in total. The van der Waals surface area contributed by atoms with Crippen molar-refractivity contribution in [3.63, 3.8) is 0 Å². The molecule has 1 saturated heterocycles. The van der Waals surface area contributed by atoms with E-state index in [0.717, 1.165) is 43.4 Å². The van der Waals surface area contributed by atoms with Crippen LogP contribution in [0.2, 0.25) is 5.15 Å². The molecule has 1 aliphatic rings. The lowest BCUT2D eigenvalue weighted by Gasteiger charge is -2.31. The van der Waals surface area contributed by atoms with E-state index in [1.165, 1.54) is 0 Å². The van der Waals surface area contributed by atoms with Crippen LogP contribution in [0.1, 0.15) is 12.8 Å². The highest BCUT2D eigenvalue weighted by Gasteiger charge is 2.20. The maximum atomic E-state index is 12.2. The average Bonchev–Trinajstić information content (AvgIpc) is 2.55. The van der Waals surface area contributed by atoms with Crippen molar-refractivity contribution in [2.75, 3.05) is 19.6 Å². The van der Waals surface area contributed by atoms with Crippen molar-refractivity contribution in [3.05, 3.63) is 39.9 Å². The Morgan fingerprint density at radius 2 is 2.08 bits per heavy atom. The largest absolute Gasteiger partial charge is 0.465 e. The zero-order chi connectivity index (χ0) is 17.1. The number of nitrogens with zero attached hydrogens (tertiary/aromatic N) is 3. The molecule has 1 amide bonds. The molecule has 0 spiro atoms. The third-order valence-corrected chi connectivity index (χ3v) is 4.60. The molecule has 0 aromatic carbocycles. The first-order chi connectivity index (χ1) is 11.5. The Balaban J connectivity index is 1.65. The number of pyridine rings is 2. The smallest absolute Gasteiger partial charge is 0.404 e. The summed E-state index contributed by atoms with van der Waals surface area (Å²) >= 11 is 5.90. The highest BCUT2D eigenvalue weighted by Crippen LogP contribution is 2.16. The minimum atomic E-state index is -0.970. The van der Waals surface area contributed by atoms with E-state index in [9.17, 15) is 9.59 Å². The van der Waals surface area contributed by atoms with Crippen LogP contribution in [-0.4, -0.2) is 51.3 Å². The first kappa shape index (κ1) is 16.7. The number of fused-ring (bicyclic) bond motifs is 1. The third-order valence-electron chi connectivity index (χ3n) is 4.40. The first-order valence-electron chi connectivity index (χ1n) is 7.90. The Bertz CT molecular complexity index is 799. The normalized spacial score (nSPS) is 16.4. The van der Waals surface area contributed by atoms with Gasteiger partial charge in [0.15, 0.2) is 0 Å². The van der Waals surface area contributed by atoms with E-state index in [1.807, 2.05) is 0 Å². The van der Waals surface area contributed by atoms with E-state index in [-0.39, 0.29) is 11.6 Å². The fraction of sp³-hybridized carbons (Fsp3) is 0.438. The van der Waals surface area contributed by atoms with Crippen LogP contribution in [0.3, 0.4) is 0 Å². The molecule has 0 unspecified atom stereocenters. The number of rotatable bonds is 4. The number of carbonyl (C=O) groups is 1. The maximum absolute atomic E-state index is 12.2. The predicted molar refractivity (Wildman–Crippen MR) is 91.6 cm³/mol. The molecular formula is C16H19ClN4O3. The summed E-state index contributed by atoms with van der Waals surface area (Å²) in [6.07, 6.45) is 2.23. The van der Waals surface area contributed by atoms with E-state index in [4.69, 9.17) is 16.7 Å². The third kappa shape index (κ3) is 3.85. The van der Waals surface area contributed by atoms with Gasteiger partial charge in [-0.3, -0.25) is 4.79 Å². The highest BCUT2D eigenvalue weighted by atomic mass is 35.5. The Morgan fingerprint density at radius 3 is 2.79 bits per heavy atom. The minimum Gasteiger partial charge on any atom is -0.465 e. The molecular weight excluding hydrogens is 332 g/mol. The number of likely N-dealkylation sites (tertiary alicyclic amines) is 1.